The van der Waals surface area contributed by atoms with Crippen molar-refractivity contribution >= 4 is 23.3 Å². The molecule has 2 amide bonds. The summed E-state index contributed by atoms with van der Waals surface area (Å²) in [4.78, 5) is 35.9. The van der Waals surface area contributed by atoms with Crippen molar-refractivity contribution < 1.29 is 18.8 Å². The summed E-state index contributed by atoms with van der Waals surface area (Å²) in [6.45, 7) is 9.93. The van der Waals surface area contributed by atoms with E-state index in [2.05, 4.69) is 20.4 Å². The van der Waals surface area contributed by atoms with Gasteiger partial charge in [-0.05, 0) is 64.3 Å². The molecule has 0 spiro atoms. The summed E-state index contributed by atoms with van der Waals surface area (Å²) >= 11 is 0. The number of ether oxygens (including phenoxy) is 1. The molecule has 0 saturated carbocycles. The van der Waals surface area contributed by atoms with Crippen molar-refractivity contribution in [3.05, 3.63) is 65.4 Å². The first kappa shape index (κ1) is 23.5. The van der Waals surface area contributed by atoms with Crippen molar-refractivity contribution in [3.63, 3.8) is 0 Å². The number of imidazole rings is 1. The van der Waals surface area contributed by atoms with Crippen molar-refractivity contribution in [1.29, 1.82) is 0 Å². The van der Waals surface area contributed by atoms with E-state index in [1.54, 1.807) is 15.5 Å². The van der Waals surface area contributed by atoms with E-state index in [-0.39, 0.29) is 11.9 Å². The Morgan fingerprint density at radius 1 is 1.17 bits per heavy atom. The summed E-state index contributed by atoms with van der Waals surface area (Å²) in [5, 5.41) is 7.09. The van der Waals surface area contributed by atoms with Crippen LogP contribution in [0.25, 0.3) is 17.0 Å². The van der Waals surface area contributed by atoms with Crippen LogP contribution in [0.3, 0.4) is 0 Å². The van der Waals surface area contributed by atoms with Crippen LogP contribution in [-0.2, 0) is 4.74 Å². The number of likely N-dealkylation sites (tertiary alicyclic amines) is 1. The molecule has 1 atom stereocenters. The van der Waals surface area contributed by atoms with Crippen LogP contribution in [0.4, 0.5) is 10.5 Å². The van der Waals surface area contributed by atoms with Gasteiger partial charge in [-0.2, -0.15) is 4.98 Å². The van der Waals surface area contributed by atoms with Gasteiger partial charge in [-0.3, -0.25) is 14.1 Å². The summed E-state index contributed by atoms with van der Waals surface area (Å²) in [6, 6.07) is 9.07. The molecular weight excluding hydrogens is 460 g/mol. The molecule has 0 radical (unpaired) electrons. The highest BCUT2D eigenvalue weighted by Crippen LogP contribution is 2.35. The molecule has 4 heterocycles. The fourth-order valence-corrected chi connectivity index (χ4v) is 4.01. The summed E-state index contributed by atoms with van der Waals surface area (Å²) in [5.41, 5.74) is 3.78. The molecule has 10 nitrogen and oxygen atoms in total. The number of hydrogen-bond donors (Lipinski definition) is 1. The molecule has 1 aromatic carbocycles. The Labute approximate surface area is 208 Å². The summed E-state index contributed by atoms with van der Waals surface area (Å²) in [7, 11) is 0. The molecule has 4 aromatic rings. The number of pyridine rings is 1. The average molecular weight is 489 g/mol. The molecule has 0 aliphatic carbocycles. The smallest absolute Gasteiger partial charge is 0.410 e. The van der Waals surface area contributed by atoms with Gasteiger partial charge in [0.05, 0.1) is 6.20 Å². The molecule has 1 aliphatic rings. The molecule has 1 N–H and O–H groups in total. The van der Waals surface area contributed by atoms with E-state index < -0.39 is 11.7 Å². The highest BCUT2D eigenvalue weighted by Gasteiger charge is 2.39. The number of nitrogens with one attached hydrogen (secondary N) is 1. The second-order valence-corrected chi connectivity index (χ2v) is 10.00. The largest absolute Gasteiger partial charge is 0.444 e. The minimum absolute atomic E-state index is 0.273. The SMILES string of the molecule is Cc1ccc2ncc(C(=O)Nc3cc(-c4noc(C5CCN5C(=O)OC(C)(C)C)n4)ccc3C)n2c1. The van der Waals surface area contributed by atoms with E-state index in [4.69, 9.17) is 9.26 Å². The molecular formula is C26H28N6O4. The topological polar surface area (TPSA) is 115 Å². The number of rotatable bonds is 4. The second kappa shape index (κ2) is 8.78. The van der Waals surface area contributed by atoms with Gasteiger partial charge < -0.3 is 14.6 Å². The Kier molecular flexibility index (Phi) is 5.74. The predicted octanol–water partition coefficient (Wildman–Crippen LogP) is 4.94. The number of fused-ring (bicyclic) bond motifs is 1. The zero-order valence-electron chi connectivity index (χ0n) is 20.9. The third-order valence-corrected chi connectivity index (χ3v) is 6.00. The van der Waals surface area contributed by atoms with Crippen LogP contribution in [-0.4, -0.2) is 48.6 Å². The number of hydrogen-bond acceptors (Lipinski definition) is 7. The Balaban J connectivity index is 1.35. The Hall–Kier alpha value is -4.21. The Bertz CT molecular complexity index is 1460. The van der Waals surface area contributed by atoms with Crippen molar-refractivity contribution in [2.75, 3.05) is 11.9 Å². The van der Waals surface area contributed by atoms with Gasteiger partial charge >= 0.3 is 6.09 Å². The summed E-state index contributed by atoms with van der Waals surface area (Å²) in [6.07, 6.45) is 3.75. The number of benzene rings is 1. The molecule has 0 bridgehead atoms. The van der Waals surface area contributed by atoms with Crippen LogP contribution < -0.4 is 5.32 Å². The molecule has 3 aromatic heterocycles. The highest BCUT2D eigenvalue weighted by molar-refractivity contribution is 6.04. The van der Waals surface area contributed by atoms with E-state index in [1.165, 1.54) is 0 Å². The first-order valence-electron chi connectivity index (χ1n) is 11.8. The van der Waals surface area contributed by atoms with Gasteiger partial charge in [0.15, 0.2) is 0 Å². The molecule has 186 valence electrons. The van der Waals surface area contributed by atoms with Crippen LogP contribution in [0.2, 0.25) is 0 Å². The monoisotopic (exact) mass is 488 g/mol. The number of carbonyl (C=O) groups excluding carboxylic acids is 2. The van der Waals surface area contributed by atoms with Gasteiger partial charge in [0, 0.05) is 24.0 Å². The maximum Gasteiger partial charge on any atom is 0.410 e. The number of carbonyl (C=O) groups is 2. The van der Waals surface area contributed by atoms with Crippen LogP contribution in [0.5, 0.6) is 0 Å². The number of nitrogens with zero attached hydrogens (tertiary/aromatic N) is 5. The highest BCUT2D eigenvalue weighted by atomic mass is 16.6. The van der Waals surface area contributed by atoms with E-state index in [9.17, 15) is 9.59 Å². The van der Waals surface area contributed by atoms with Gasteiger partial charge in [0.2, 0.25) is 11.7 Å². The summed E-state index contributed by atoms with van der Waals surface area (Å²) < 4.78 is 12.7. The second-order valence-electron chi connectivity index (χ2n) is 10.00. The van der Waals surface area contributed by atoms with Crippen molar-refractivity contribution in [3.8, 4) is 11.4 Å². The first-order chi connectivity index (χ1) is 17.1. The van der Waals surface area contributed by atoms with Crippen LogP contribution >= 0.6 is 0 Å². The zero-order chi connectivity index (χ0) is 25.6. The lowest BCUT2D eigenvalue weighted by Gasteiger charge is -2.39. The lowest BCUT2D eigenvalue weighted by atomic mass is 10.0. The number of anilines is 1. The van der Waals surface area contributed by atoms with Crippen molar-refractivity contribution in [1.82, 2.24) is 24.4 Å². The van der Waals surface area contributed by atoms with E-state index in [0.29, 0.717) is 40.9 Å². The standard InChI is InChI=1S/C26H28N6O4/c1-15-6-9-21-27-13-20(32(21)14-15)23(33)28-18-12-17(8-7-16(18)2)22-29-24(36-30-22)19-10-11-31(19)25(34)35-26(3,4)5/h6-9,12-14,19H,10-11H2,1-5H3,(H,28,33). The third kappa shape index (κ3) is 4.53. The lowest BCUT2D eigenvalue weighted by molar-refractivity contribution is -0.0119. The van der Waals surface area contributed by atoms with Crippen molar-refractivity contribution in [2.45, 2.75) is 52.7 Å². The van der Waals surface area contributed by atoms with Gasteiger partial charge in [0.25, 0.3) is 5.91 Å². The number of amides is 2. The zero-order valence-corrected chi connectivity index (χ0v) is 20.9. The lowest BCUT2D eigenvalue weighted by Crippen LogP contribution is -2.47. The van der Waals surface area contributed by atoms with Gasteiger partial charge in [0.1, 0.15) is 23.0 Å². The fraction of sp³-hybridized carbons (Fsp3) is 0.346. The molecule has 10 heteroatoms. The van der Waals surface area contributed by atoms with Gasteiger partial charge in [-0.1, -0.05) is 23.4 Å². The average Bonchev–Trinajstić information content (AvgIpc) is 3.40. The maximum atomic E-state index is 13.1. The molecule has 36 heavy (non-hydrogen) atoms. The number of aromatic nitrogens is 4. The maximum absolute atomic E-state index is 13.1. The van der Waals surface area contributed by atoms with Crippen molar-refractivity contribution in [2.24, 2.45) is 0 Å². The normalized spacial score (nSPS) is 15.6. The Morgan fingerprint density at radius 2 is 1.97 bits per heavy atom. The van der Waals surface area contributed by atoms with Crippen LogP contribution in [0.1, 0.15) is 60.7 Å². The molecule has 5 rings (SSSR count). The van der Waals surface area contributed by atoms with E-state index >= 15 is 0 Å². The predicted molar refractivity (Wildman–Crippen MR) is 133 cm³/mol. The minimum atomic E-state index is -0.581. The molecule has 1 saturated heterocycles. The molecule has 1 unspecified atom stereocenters. The first-order valence-corrected chi connectivity index (χ1v) is 11.8. The minimum Gasteiger partial charge on any atom is -0.444 e. The van der Waals surface area contributed by atoms with Crippen LogP contribution in [0, 0.1) is 13.8 Å². The van der Waals surface area contributed by atoms with Crippen LogP contribution in [0.15, 0.2) is 47.2 Å². The third-order valence-electron chi connectivity index (χ3n) is 6.00. The van der Waals surface area contributed by atoms with E-state index in [1.807, 2.05) is 71.1 Å². The molecule has 1 fully saturated rings. The fourth-order valence-electron chi connectivity index (χ4n) is 4.01. The van der Waals surface area contributed by atoms with E-state index in [0.717, 1.165) is 17.5 Å². The number of aryl methyl sites for hydroxylation is 2. The quantitative estimate of drug-likeness (QED) is 0.433. The van der Waals surface area contributed by atoms with Gasteiger partial charge in [-0.15, -0.1) is 0 Å². The Morgan fingerprint density at radius 3 is 2.69 bits per heavy atom. The molecule has 1 aliphatic heterocycles. The summed E-state index contributed by atoms with van der Waals surface area (Å²) in [5.74, 6) is 0.459. The van der Waals surface area contributed by atoms with Gasteiger partial charge in [-0.25, -0.2) is 9.78 Å².